The molecule has 1 aromatic rings. The van der Waals surface area contributed by atoms with Crippen molar-refractivity contribution in [1.82, 2.24) is 20.2 Å². The molecule has 1 N–H and O–H groups in total. The number of amides is 1. The Balaban J connectivity index is 1.58. The molecule has 1 amide bonds. The lowest BCUT2D eigenvalue weighted by molar-refractivity contribution is -0.138. The SMILES string of the molecule is CCc1cnc(N2CCC(N3CCC[C@H](NC)C3=O)CC2)nc1. The Hall–Kier alpha value is -1.69. The predicted molar refractivity (Wildman–Crippen MR) is 90.4 cm³/mol. The number of anilines is 1. The van der Waals surface area contributed by atoms with E-state index in [2.05, 4.69) is 32.0 Å². The van der Waals surface area contributed by atoms with Crippen molar-refractivity contribution in [2.75, 3.05) is 31.6 Å². The van der Waals surface area contributed by atoms with Crippen molar-refractivity contribution in [3.8, 4) is 0 Å². The number of aromatic nitrogens is 2. The van der Waals surface area contributed by atoms with Crippen LogP contribution >= 0.6 is 0 Å². The zero-order valence-corrected chi connectivity index (χ0v) is 14.2. The Bertz CT molecular complexity index is 524. The van der Waals surface area contributed by atoms with Crippen LogP contribution in [0.25, 0.3) is 0 Å². The number of hydrogen-bond donors (Lipinski definition) is 1. The third kappa shape index (κ3) is 3.47. The predicted octanol–water partition coefficient (Wildman–Crippen LogP) is 1.22. The van der Waals surface area contributed by atoms with Crippen molar-refractivity contribution >= 4 is 11.9 Å². The number of piperidine rings is 2. The molecule has 0 spiro atoms. The zero-order chi connectivity index (χ0) is 16.2. The van der Waals surface area contributed by atoms with Gasteiger partial charge in [-0.15, -0.1) is 0 Å². The highest BCUT2D eigenvalue weighted by Gasteiger charge is 2.34. The molecule has 0 aromatic carbocycles. The van der Waals surface area contributed by atoms with Gasteiger partial charge in [-0.1, -0.05) is 6.92 Å². The van der Waals surface area contributed by atoms with Gasteiger partial charge in [0.25, 0.3) is 0 Å². The molecule has 1 atom stereocenters. The largest absolute Gasteiger partial charge is 0.341 e. The summed E-state index contributed by atoms with van der Waals surface area (Å²) in [7, 11) is 1.88. The van der Waals surface area contributed by atoms with Crippen molar-refractivity contribution < 1.29 is 4.79 Å². The number of nitrogens with one attached hydrogen (secondary N) is 1. The highest BCUT2D eigenvalue weighted by atomic mass is 16.2. The molecule has 0 saturated carbocycles. The first kappa shape index (κ1) is 16.2. The molecule has 1 aromatic heterocycles. The van der Waals surface area contributed by atoms with E-state index < -0.39 is 0 Å². The van der Waals surface area contributed by atoms with Gasteiger partial charge < -0.3 is 15.1 Å². The normalized spacial score (nSPS) is 23.4. The van der Waals surface area contributed by atoms with E-state index in [1.807, 2.05) is 19.4 Å². The maximum atomic E-state index is 12.5. The molecule has 3 heterocycles. The van der Waals surface area contributed by atoms with Crippen LogP contribution in [-0.2, 0) is 11.2 Å². The van der Waals surface area contributed by atoms with E-state index in [1.54, 1.807) is 0 Å². The number of carbonyl (C=O) groups is 1. The first-order chi connectivity index (χ1) is 11.2. The van der Waals surface area contributed by atoms with Crippen LogP contribution < -0.4 is 10.2 Å². The Morgan fingerprint density at radius 1 is 1.17 bits per heavy atom. The second kappa shape index (κ2) is 7.25. The first-order valence-electron chi connectivity index (χ1n) is 8.76. The second-order valence-electron chi connectivity index (χ2n) is 6.48. The van der Waals surface area contributed by atoms with E-state index in [4.69, 9.17) is 0 Å². The summed E-state index contributed by atoms with van der Waals surface area (Å²) in [6, 6.07) is 0.372. The van der Waals surface area contributed by atoms with Gasteiger partial charge in [0.15, 0.2) is 0 Å². The van der Waals surface area contributed by atoms with Gasteiger partial charge in [0.05, 0.1) is 6.04 Å². The van der Waals surface area contributed by atoms with E-state index in [1.165, 1.54) is 5.56 Å². The minimum absolute atomic E-state index is 0.00620. The third-order valence-electron chi connectivity index (χ3n) is 5.11. The lowest BCUT2D eigenvalue weighted by Crippen LogP contribution is -2.55. The van der Waals surface area contributed by atoms with E-state index in [0.717, 1.165) is 57.7 Å². The molecule has 2 aliphatic rings. The van der Waals surface area contributed by atoms with E-state index in [-0.39, 0.29) is 11.9 Å². The molecule has 126 valence electrons. The molecule has 6 heteroatoms. The first-order valence-corrected chi connectivity index (χ1v) is 8.76. The van der Waals surface area contributed by atoms with Crippen LogP contribution in [0.1, 0.15) is 38.2 Å². The van der Waals surface area contributed by atoms with Crippen molar-refractivity contribution in [3.63, 3.8) is 0 Å². The summed E-state index contributed by atoms with van der Waals surface area (Å²) < 4.78 is 0. The molecule has 3 rings (SSSR count). The molecule has 2 aliphatic heterocycles. The smallest absolute Gasteiger partial charge is 0.239 e. The fourth-order valence-corrected chi connectivity index (χ4v) is 3.60. The Labute approximate surface area is 138 Å². The minimum atomic E-state index is 0.00620. The van der Waals surface area contributed by atoms with Crippen LogP contribution in [0.3, 0.4) is 0 Å². The molecular weight excluding hydrogens is 290 g/mol. The number of rotatable bonds is 4. The number of likely N-dealkylation sites (N-methyl/N-ethyl adjacent to an activating group) is 1. The molecule has 2 saturated heterocycles. The lowest BCUT2D eigenvalue weighted by Gasteiger charge is -2.42. The van der Waals surface area contributed by atoms with Crippen LogP contribution in [0.4, 0.5) is 5.95 Å². The highest BCUT2D eigenvalue weighted by Crippen LogP contribution is 2.23. The molecule has 23 heavy (non-hydrogen) atoms. The highest BCUT2D eigenvalue weighted by molar-refractivity contribution is 5.82. The molecule has 0 unspecified atom stereocenters. The number of aryl methyl sites for hydroxylation is 1. The lowest BCUT2D eigenvalue weighted by atomic mass is 9.97. The Morgan fingerprint density at radius 2 is 1.87 bits per heavy atom. The van der Waals surface area contributed by atoms with Gasteiger partial charge in [-0.05, 0) is 44.7 Å². The van der Waals surface area contributed by atoms with Gasteiger partial charge in [-0.25, -0.2) is 9.97 Å². The van der Waals surface area contributed by atoms with Gasteiger partial charge in [0.1, 0.15) is 0 Å². The average molecular weight is 317 g/mol. The summed E-state index contributed by atoms with van der Waals surface area (Å²) in [5, 5.41) is 3.15. The Kier molecular flexibility index (Phi) is 5.10. The van der Waals surface area contributed by atoms with Gasteiger partial charge in [0.2, 0.25) is 11.9 Å². The number of nitrogens with zero attached hydrogens (tertiary/aromatic N) is 4. The minimum Gasteiger partial charge on any atom is -0.341 e. The summed E-state index contributed by atoms with van der Waals surface area (Å²) in [5.74, 6) is 1.10. The summed E-state index contributed by atoms with van der Waals surface area (Å²) in [4.78, 5) is 25.8. The number of hydrogen-bond acceptors (Lipinski definition) is 5. The van der Waals surface area contributed by atoms with Gasteiger partial charge in [-0.2, -0.15) is 0 Å². The van der Waals surface area contributed by atoms with Crippen molar-refractivity contribution in [1.29, 1.82) is 0 Å². The summed E-state index contributed by atoms with van der Waals surface area (Å²) in [6.45, 7) is 4.86. The summed E-state index contributed by atoms with van der Waals surface area (Å²) >= 11 is 0. The van der Waals surface area contributed by atoms with Gasteiger partial charge in [0, 0.05) is 38.1 Å². The molecule has 0 aliphatic carbocycles. The number of likely N-dealkylation sites (tertiary alicyclic amines) is 1. The zero-order valence-electron chi connectivity index (χ0n) is 14.2. The molecule has 2 fully saturated rings. The van der Waals surface area contributed by atoms with Crippen molar-refractivity contribution in [2.45, 2.75) is 51.1 Å². The fourth-order valence-electron chi connectivity index (χ4n) is 3.60. The fraction of sp³-hybridized carbons (Fsp3) is 0.706. The standard InChI is InChI=1S/C17H27N5O/c1-3-13-11-19-17(20-12-13)21-9-6-14(7-10-21)22-8-4-5-15(18-2)16(22)23/h11-12,14-15,18H,3-10H2,1-2H3/t15-/m0/s1. The summed E-state index contributed by atoms with van der Waals surface area (Å²) in [6.07, 6.45) is 8.86. The number of carbonyl (C=O) groups excluding carboxylic acids is 1. The van der Waals surface area contributed by atoms with Gasteiger partial charge in [-0.3, -0.25) is 4.79 Å². The molecule has 0 radical (unpaired) electrons. The van der Waals surface area contributed by atoms with E-state index >= 15 is 0 Å². The van der Waals surface area contributed by atoms with Crippen LogP contribution in [0.15, 0.2) is 12.4 Å². The van der Waals surface area contributed by atoms with Crippen molar-refractivity contribution in [3.05, 3.63) is 18.0 Å². The summed E-state index contributed by atoms with van der Waals surface area (Å²) in [5.41, 5.74) is 1.17. The van der Waals surface area contributed by atoms with Crippen LogP contribution in [0.5, 0.6) is 0 Å². The maximum absolute atomic E-state index is 12.5. The topological polar surface area (TPSA) is 61.4 Å². The molecule has 6 nitrogen and oxygen atoms in total. The van der Waals surface area contributed by atoms with E-state index in [0.29, 0.717) is 6.04 Å². The van der Waals surface area contributed by atoms with Crippen LogP contribution in [-0.4, -0.2) is 59.5 Å². The third-order valence-corrected chi connectivity index (χ3v) is 5.11. The molecular formula is C17H27N5O. The van der Waals surface area contributed by atoms with Gasteiger partial charge >= 0.3 is 0 Å². The molecule has 0 bridgehead atoms. The van der Waals surface area contributed by atoms with Crippen LogP contribution in [0, 0.1) is 0 Å². The quantitative estimate of drug-likeness (QED) is 0.905. The monoisotopic (exact) mass is 317 g/mol. The Morgan fingerprint density at radius 3 is 2.48 bits per heavy atom. The second-order valence-corrected chi connectivity index (χ2v) is 6.48. The van der Waals surface area contributed by atoms with E-state index in [9.17, 15) is 4.79 Å². The maximum Gasteiger partial charge on any atom is 0.239 e. The average Bonchev–Trinajstić information content (AvgIpc) is 2.62. The van der Waals surface area contributed by atoms with Crippen molar-refractivity contribution in [2.24, 2.45) is 0 Å². The van der Waals surface area contributed by atoms with Crippen LogP contribution in [0.2, 0.25) is 0 Å².